The van der Waals surface area contributed by atoms with Crippen LogP contribution in [0.15, 0.2) is 17.5 Å². The lowest BCUT2D eigenvalue weighted by molar-refractivity contribution is -0.116. The zero-order chi connectivity index (χ0) is 18.5. The molecule has 26 heavy (non-hydrogen) atoms. The molecule has 2 aromatic rings. The van der Waals surface area contributed by atoms with Gasteiger partial charge in [0.1, 0.15) is 0 Å². The fraction of sp³-hybridized carbons (Fsp3) is 0.526. The maximum atomic E-state index is 12.1. The molecule has 0 saturated carbocycles. The predicted molar refractivity (Wildman–Crippen MR) is 107 cm³/mol. The highest BCUT2D eigenvalue weighted by molar-refractivity contribution is 7.14. The van der Waals surface area contributed by atoms with Gasteiger partial charge in [0.05, 0.1) is 10.6 Å². The molecule has 2 aromatic heterocycles. The van der Waals surface area contributed by atoms with E-state index in [1.165, 1.54) is 35.5 Å². The number of anilines is 1. The summed E-state index contributed by atoms with van der Waals surface area (Å²) in [5.74, 6) is 0.614. The molecule has 1 N–H and O–H groups in total. The van der Waals surface area contributed by atoms with Crippen LogP contribution < -0.4 is 5.32 Å². The number of ketones is 1. The van der Waals surface area contributed by atoms with Crippen molar-refractivity contribution in [3.05, 3.63) is 33.0 Å². The van der Waals surface area contributed by atoms with E-state index < -0.39 is 0 Å². The molecule has 3 rings (SSSR count). The first-order valence-electron chi connectivity index (χ1n) is 9.06. The smallest absolute Gasteiger partial charge is 0.226 e. The fourth-order valence-corrected chi connectivity index (χ4v) is 4.77. The molecule has 3 heterocycles. The normalized spacial score (nSPS) is 18.0. The number of carbonyl (C=O) groups excluding carboxylic acids is 2. The van der Waals surface area contributed by atoms with Crippen LogP contribution in [-0.2, 0) is 11.3 Å². The van der Waals surface area contributed by atoms with Gasteiger partial charge in [-0.15, -0.1) is 22.7 Å². The average molecular weight is 392 g/mol. The molecule has 0 spiro atoms. The van der Waals surface area contributed by atoms with Crippen LogP contribution in [0.1, 0.15) is 52.8 Å². The molecule has 1 unspecified atom stereocenters. The van der Waals surface area contributed by atoms with Crippen LogP contribution in [0.2, 0.25) is 0 Å². The largest absolute Gasteiger partial charge is 0.302 e. The third kappa shape index (κ3) is 5.46. The molecule has 1 fully saturated rings. The summed E-state index contributed by atoms with van der Waals surface area (Å²) >= 11 is 2.92. The molecule has 0 aliphatic carbocycles. The number of amides is 1. The Bertz CT molecular complexity index is 768. The Balaban J connectivity index is 1.44. The molecule has 0 aromatic carbocycles. The Morgan fingerprint density at radius 2 is 2.19 bits per heavy atom. The minimum atomic E-state index is -0.154. The van der Waals surface area contributed by atoms with Gasteiger partial charge >= 0.3 is 0 Å². The molecule has 1 atom stereocenters. The summed E-state index contributed by atoms with van der Waals surface area (Å²) in [6.45, 7) is 7.33. The first kappa shape index (κ1) is 19.2. The van der Waals surface area contributed by atoms with Crippen LogP contribution in [-0.4, -0.2) is 34.7 Å². The van der Waals surface area contributed by atoms with Gasteiger partial charge < -0.3 is 5.32 Å². The van der Waals surface area contributed by atoms with Crippen LogP contribution in [0.3, 0.4) is 0 Å². The summed E-state index contributed by atoms with van der Waals surface area (Å²) in [4.78, 5) is 33.0. The average Bonchev–Trinajstić information content (AvgIpc) is 3.22. The number of Topliss-reactive ketones (excluding diaryl/α,β-unsaturated/α-hetero) is 1. The highest BCUT2D eigenvalue weighted by Crippen LogP contribution is 2.21. The summed E-state index contributed by atoms with van der Waals surface area (Å²) in [5.41, 5.74) is 1.00. The van der Waals surface area contributed by atoms with E-state index in [2.05, 4.69) is 22.1 Å². The standard InChI is InChI=1S/C19H25N3O2S2/c1-13-4-3-9-22(10-13)11-15-12-25-19(20-15)21-18(24)8-6-16(23)17-7-5-14(2)26-17/h5,7,12-13H,3-4,6,8-11H2,1-2H3,(H,20,21,24). The van der Waals surface area contributed by atoms with Gasteiger partial charge in [0, 0.05) is 36.2 Å². The van der Waals surface area contributed by atoms with Crippen LogP contribution in [0.25, 0.3) is 0 Å². The molecular formula is C19H25N3O2S2. The number of rotatable bonds is 7. The second-order valence-corrected chi connectivity index (χ2v) is 9.15. The van der Waals surface area contributed by atoms with Crippen molar-refractivity contribution in [2.24, 2.45) is 5.92 Å². The molecule has 1 amide bonds. The van der Waals surface area contributed by atoms with E-state index in [9.17, 15) is 9.59 Å². The van der Waals surface area contributed by atoms with Gasteiger partial charge in [-0.05, 0) is 44.4 Å². The van der Waals surface area contributed by atoms with Gasteiger partial charge in [0.15, 0.2) is 10.9 Å². The second kappa shape index (κ2) is 8.88. The van der Waals surface area contributed by atoms with Crippen molar-refractivity contribution >= 4 is 39.5 Å². The molecule has 0 bridgehead atoms. The van der Waals surface area contributed by atoms with Crippen molar-refractivity contribution in [1.82, 2.24) is 9.88 Å². The van der Waals surface area contributed by atoms with Gasteiger partial charge in [0.2, 0.25) is 5.91 Å². The number of aromatic nitrogens is 1. The molecular weight excluding hydrogens is 366 g/mol. The fourth-order valence-electron chi connectivity index (χ4n) is 3.21. The van der Waals surface area contributed by atoms with Crippen LogP contribution >= 0.6 is 22.7 Å². The Morgan fingerprint density at radius 1 is 1.35 bits per heavy atom. The van der Waals surface area contributed by atoms with E-state index >= 15 is 0 Å². The number of nitrogens with zero attached hydrogens (tertiary/aromatic N) is 2. The quantitative estimate of drug-likeness (QED) is 0.713. The number of thiazole rings is 1. The number of aryl methyl sites for hydroxylation is 1. The van der Waals surface area contributed by atoms with E-state index in [1.807, 2.05) is 24.4 Å². The van der Waals surface area contributed by atoms with E-state index in [0.29, 0.717) is 5.13 Å². The van der Waals surface area contributed by atoms with E-state index in [-0.39, 0.29) is 24.5 Å². The highest BCUT2D eigenvalue weighted by Gasteiger charge is 2.18. The minimum Gasteiger partial charge on any atom is -0.302 e. The maximum absolute atomic E-state index is 12.1. The molecule has 140 valence electrons. The monoisotopic (exact) mass is 391 g/mol. The van der Waals surface area contributed by atoms with E-state index in [0.717, 1.165) is 41.0 Å². The molecule has 5 nitrogen and oxygen atoms in total. The van der Waals surface area contributed by atoms with Crippen LogP contribution in [0, 0.1) is 12.8 Å². The third-order valence-corrected chi connectivity index (χ3v) is 6.37. The minimum absolute atomic E-state index is 0.0253. The van der Waals surface area contributed by atoms with E-state index in [1.54, 1.807) is 0 Å². The number of hydrogen-bond donors (Lipinski definition) is 1. The number of nitrogens with one attached hydrogen (secondary N) is 1. The van der Waals surface area contributed by atoms with Crippen molar-refractivity contribution in [1.29, 1.82) is 0 Å². The van der Waals surface area contributed by atoms with Crippen molar-refractivity contribution in [3.8, 4) is 0 Å². The lowest BCUT2D eigenvalue weighted by atomic mass is 10.0. The van der Waals surface area contributed by atoms with Crippen molar-refractivity contribution in [2.75, 3.05) is 18.4 Å². The lowest BCUT2D eigenvalue weighted by Gasteiger charge is -2.30. The van der Waals surface area contributed by atoms with Gasteiger partial charge in [-0.3, -0.25) is 14.5 Å². The maximum Gasteiger partial charge on any atom is 0.226 e. The summed E-state index contributed by atoms with van der Waals surface area (Å²) in [6, 6.07) is 3.76. The molecule has 1 aliphatic heterocycles. The summed E-state index contributed by atoms with van der Waals surface area (Å²) in [5, 5.41) is 5.45. The number of likely N-dealkylation sites (tertiary alicyclic amines) is 1. The molecule has 7 heteroatoms. The van der Waals surface area contributed by atoms with Crippen molar-refractivity contribution in [3.63, 3.8) is 0 Å². The Labute approximate surface area is 162 Å². The number of piperidine rings is 1. The third-order valence-electron chi connectivity index (χ3n) is 4.52. The van der Waals surface area contributed by atoms with Gasteiger partial charge in [0.25, 0.3) is 0 Å². The van der Waals surface area contributed by atoms with Crippen LogP contribution in [0.4, 0.5) is 5.13 Å². The van der Waals surface area contributed by atoms with Gasteiger partial charge in [-0.2, -0.15) is 0 Å². The van der Waals surface area contributed by atoms with Crippen molar-refractivity contribution in [2.45, 2.75) is 46.1 Å². The number of thiophene rings is 1. The van der Waals surface area contributed by atoms with Gasteiger partial charge in [-0.1, -0.05) is 6.92 Å². The summed E-state index contributed by atoms with van der Waals surface area (Å²) in [7, 11) is 0. The summed E-state index contributed by atoms with van der Waals surface area (Å²) < 4.78 is 0. The SMILES string of the molecule is Cc1ccc(C(=O)CCC(=O)Nc2nc(CN3CCCC(C)C3)cs2)s1. The Hall–Kier alpha value is -1.57. The Morgan fingerprint density at radius 3 is 2.92 bits per heavy atom. The topological polar surface area (TPSA) is 62.3 Å². The zero-order valence-electron chi connectivity index (χ0n) is 15.3. The summed E-state index contributed by atoms with van der Waals surface area (Å²) in [6.07, 6.45) is 2.97. The number of carbonyl (C=O) groups is 2. The Kier molecular flexibility index (Phi) is 6.56. The zero-order valence-corrected chi connectivity index (χ0v) is 16.9. The van der Waals surface area contributed by atoms with Gasteiger partial charge in [-0.25, -0.2) is 4.98 Å². The first-order chi connectivity index (χ1) is 12.5. The number of hydrogen-bond acceptors (Lipinski definition) is 6. The predicted octanol–water partition coefficient (Wildman–Crippen LogP) is 4.35. The molecule has 1 saturated heterocycles. The first-order valence-corrected chi connectivity index (χ1v) is 10.8. The van der Waals surface area contributed by atoms with E-state index in [4.69, 9.17) is 0 Å². The molecule has 1 aliphatic rings. The second-order valence-electron chi connectivity index (χ2n) is 7.01. The highest BCUT2D eigenvalue weighted by atomic mass is 32.1. The van der Waals surface area contributed by atoms with Crippen LogP contribution in [0.5, 0.6) is 0 Å². The van der Waals surface area contributed by atoms with Crippen molar-refractivity contribution < 1.29 is 9.59 Å². The molecule has 0 radical (unpaired) electrons. The lowest BCUT2D eigenvalue weighted by Crippen LogP contribution is -2.33.